The summed E-state index contributed by atoms with van der Waals surface area (Å²) < 4.78 is 0. The molecule has 0 aliphatic heterocycles. The third-order valence-corrected chi connectivity index (χ3v) is 10.0. The van der Waals surface area contributed by atoms with Crippen molar-refractivity contribution in [3.63, 3.8) is 0 Å². The van der Waals surface area contributed by atoms with Crippen molar-refractivity contribution < 1.29 is 17.0 Å². The largest absolute Gasteiger partial charge is 1.00 e. The van der Waals surface area contributed by atoms with E-state index in [0.717, 1.165) is 0 Å². The zero-order valence-corrected chi connectivity index (χ0v) is 17.9. The van der Waals surface area contributed by atoms with Crippen molar-refractivity contribution in [3.05, 3.63) is 0 Å². The summed E-state index contributed by atoms with van der Waals surface area (Å²) in [6, 6.07) is 0. The minimum absolute atomic E-state index is 0. The third-order valence-electron chi connectivity index (χ3n) is 4.58. The van der Waals surface area contributed by atoms with Gasteiger partial charge in [-0.1, -0.05) is 66.2 Å². The molecule has 0 aromatic rings. The second-order valence-corrected chi connectivity index (χ2v) is 11.2. The van der Waals surface area contributed by atoms with Crippen molar-refractivity contribution in [1.82, 2.24) is 0 Å². The number of unbranched alkanes of at least 4 members (excludes halogenated alkanes) is 7. The van der Waals surface area contributed by atoms with E-state index >= 15 is 0 Å². The molecule has 0 radical (unpaired) electrons. The van der Waals surface area contributed by atoms with Gasteiger partial charge in [0.2, 0.25) is 0 Å². The molecule has 0 nitrogen and oxygen atoms in total. The number of hydrogen-bond acceptors (Lipinski definition) is 0. The Morgan fingerprint density at radius 3 is 1.19 bits per heavy atom. The van der Waals surface area contributed by atoms with Gasteiger partial charge in [-0.25, -0.2) is 0 Å². The first-order valence-corrected chi connectivity index (χ1v) is 12.1. The van der Waals surface area contributed by atoms with Crippen molar-refractivity contribution >= 4 is 7.26 Å². The van der Waals surface area contributed by atoms with Gasteiger partial charge in [-0.05, 0) is 32.1 Å². The lowest BCUT2D eigenvalue weighted by Crippen LogP contribution is -3.00. The molecule has 0 unspecified atom stereocenters. The lowest BCUT2D eigenvalue weighted by molar-refractivity contribution is -0.00000472. The molecule has 0 fully saturated rings. The van der Waals surface area contributed by atoms with Gasteiger partial charge in [0.25, 0.3) is 0 Å². The second-order valence-electron chi connectivity index (χ2n) is 6.71. The van der Waals surface area contributed by atoms with E-state index in [1.807, 2.05) is 0 Å². The summed E-state index contributed by atoms with van der Waals surface area (Å²) in [5.41, 5.74) is 0. The molecule has 0 heterocycles. The lowest BCUT2D eigenvalue weighted by Gasteiger charge is -2.27. The number of rotatable bonds is 15. The molecule has 0 atom stereocenters. The minimum Gasteiger partial charge on any atom is -1.00 e. The highest BCUT2D eigenvalue weighted by molar-refractivity contribution is 7.75. The summed E-state index contributed by atoms with van der Waals surface area (Å²) in [4.78, 5) is 0. The zero-order valence-electron chi connectivity index (χ0n) is 15.4. The molecular weight excluding hydrogens is 339 g/mol. The molecule has 21 heavy (non-hydrogen) atoms. The summed E-state index contributed by atoms with van der Waals surface area (Å²) in [6.07, 6.45) is 22.4. The Kier molecular flexibility index (Phi) is 19.9. The monoisotopic (exact) mass is 380 g/mol. The zero-order chi connectivity index (χ0) is 15.1. The predicted molar refractivity (Wildman–Crippen MR) is 99.9 cm³/mol. The van der Waals surface area contributed by atoms with Crippen LogP contribution in [-0.2, 0) is 0 Å². The Hall–Kier alpha value is 0.910. The van der Waals surface area contributed by atoms with Gasteiger partial charge in [0.1, 0.15) is 0 Å². The molecule has 130 valence electrons. The van der Waals surface area contributed by atoms with Crippen LogP contribution in [0.3, 0.4) is 0 Å². The van der Waals surface area contributed by atoms with Crippen LogP contribution < -0.4 is 17.0 Å². The average Bonchev–Trinajstić information content (AvgIpc) is 2.43. The van der Waals surface area contributed by atoms with Gasteiger partial charge in [0, 0.05) is 7.26 Å². The maximum Gasteiger partial charge on any atom is 0.0594 e. The van der Waals surface area contributed by atoms with Crippen molar-refractivity contribution in [3.8, 4) is 0 Å². The summed E-state index contributed by atoms with van der Waals surface area (Å²) in [6.45, 7) is 9.49. The Bertz CT molecular complexity index is 177. The van der Waals surface area contributed by atoms with Crippen LogP contribution in [0.5, 0.6) is 0 Å². The van der Waals surface area contributed by atoms with E-state index < -0.39 is 7.26 Å². The fourth-order valence-corrected chi connectivity index (χ4v) is 8.76. The van der Waals surface area contributed by atoms with Crippen molar-refractivity contribution in [2.45, 2.75) is 98.3 Å². The molecule has 0 aromatic carbocycles. The van der Waals surface area contributed by atoms with Gasteiger partial charge < -0.3 is 17.0 Å². The molecule has 0 rings (SSSR count). The molecule has 0 spiro atoms. The Morgan fingerprint density at radius 1 is 0.429 bits per heavy atom. The van der Waals surface area contributed by atoms with Crippen LogP contribution in [0.4, 0.5) is 0 Å². The fourth-order valence-electron chi connectivity index (χ4n) is 3.67. The highest BCUT2D eigenvalue weighted by Crippen LogP contribution is 2.60. The van der Waals surface area contributed by atoms with Crippen LogP contribution in [0.2, 0.25) is 0 Å². The molecule has 0 aliphatic carbocycles. The molecule has 0 saturated heterocycles. The smallest absolute Gasteiger partial charge is 0.0594 e. The Balaban J connectivity index is 0. The molecule has 0 aliphatic rings. The number of hydrogen-bond donors (Lipinski definition) is 0. The minimum atomic E-state index is -0.562. The van der Waals surface area contributed by atoms with Crippen LogP contribution >= 0.6 is 7.26 Å². The standard InChI is InChI=1S/C19H42P.BrH/c1-5-9-10-11-12-13-14-15-19-20(16-6-2,17-7-3)18-8-4;/h5-19H2,1-4H3;1H/q+1;/p-1. The first-order chi connectivity index (χ1) is 9.74. The lowest BCUT2D eigenvalue weighted by atomic mass is 10.1. The van der Waals surface area contributed by atoms with Crippen molar-refractivity contribution in [1.29, 1.82) is 0 Å². The van der Waals surface area contributed by atoms with E-state index in [4.69, 9.17) is 0 Å². The van der Waals surface area contributed by atoms with Crippen LogP contribution in [-0.4, -0.2) is 24.6 Å². The highest BCUT2D eigenvalue weighted by atomic mass is 79.9. The summed E-state index contributed by atoms with van der Waals surface area (Å²) in [7, 11) is -0.562. The quantitative estimate of drug-likeness (QED) is 0.292. The molecule has 0 N–H and O–H groups in total. The highest BCUT2D eigenvalue weighted by Gasteiger charge is 2.33. The molecule has 0 aromatic heterocycles. The molecule has 0 saturated carbocycles. The molecule has 2 heteroatoms. The first kappa shape index (κ1) is 24.2. The van der Waals surface area contributed by atoms with Crippen molar-refractivity contribution in [2.24, 2.45) is 0 Å². The van der Waals surface area contributed by atoms with Gasteiger partial charge in [-0.15, -0.1) is 0 Å². The average molecular weight is 381 g/mol. The van der Waals surface area contributed by atoms with E-state index in [1.54, 1.807) is 24.6 Å². The maximum absolute atomic E-state index is 2.40. The Labute approximate surface area is 147 Å². The van der Waals surface area contributed by atoms with Gasteiger partial charge >= 0.3 is 0 Å². The molecule has 0 amide bonds. The van der Waals surface area contributed by atoms with E-state index in [9.17, 15) is 0 Å². The van der Waals surface area contributed by atoms with Gasteiger partial charge in [0.05, 0.1) is 24.6 Å². The van der Waals surface area contributed by atoms with Crippen LogP contribution in [0.1, 0.15) is 98.3 Å². The normalized spacial score (nSPS) is 11.4. The van der Waals surface area contributed by atoms with E-state index in [2.05, 4.69) is 27.7 Å². The number of halogens is 1. The second kappa shape index (κ2) is 17.3. The summed E-state index contributed by atoms with van der Waals surface area (Å²) in [5, 5.41) is 0. The van der Waals surface area contributed by atoms with Crippen LogP contribution in [0.25, 0.3) is 0 Å². The molecule has 0 bridgehead atoms. The van der Waals surface area contributed by atoms with Gasteiger partial charge in [0.15, 0.2) is 0 Å². The third kappa shape index (κ3) is 13.1. The van der Waals surface area contributed by atoms with Crippen LogP contribution in [0.15, 0.2) is 0 Å². The fraction of sp³-hybridized carbons (Fsp3) is 1.00. The van der Waals surface area contributed by atoms with Crippen LogP contribution in [0, 0.1) is 0 Å². The summed E-state index contributed by atoms with van der Waals surface area (Å²) in [5.74, 6) is 0. The topological polar surface area (TPSA) is 0 Å². The predicted octanol–water partition coefficient (Wildman–Crippen LogP) is 4.38. The van der Waals surface area contributed by atoms with E-state index in [-0.39, 0.29) is 17.0 Å². The maximum atomic E-state index is 2.40. The van der Waals surface area contributed by atoms with E-state index in [0.29, 0.717) is 0 Å². The van der Waals surface area contributed by atoms with Crippen molar-refractivity contribution in [2.75, 3.05) is 24.6 Å². The molecular formula is C19H42BrP. The SMILES string of the molecule is CCCCCCCCCC[P+](CCC)(CCC)CCC.[Br-]. The van der Waals surface area contributed by atoms with E-state index in [1.165, 1.54) is 70.6 Å². The first-order valence-electron chi connectivity index (χ1n) is 9.59. The van der Waals surface area contributed by atoms with Gasteiger partial charge in [-0.2, -0.15) is 0 Å². The Morgan fingerprint density at radius 2 is 0.810 bits per heavy atom. The summed E-state index contributed by atoms with van der Waals surface area (Å²) >= 11 is 0. The van der Waals surface area contributed by atoms with Gasteiger partial charge in [-0.3, -0.25) is 0 Å².